The van der Waals surface area contributed by atoms with Crippen LogP contribution in [0.1, 0.15) is 47.2 Å². The SMILES string of the molecule is Cc1cc(-c2ccc(F)cc2)cc(C2CCCN2C(=O)Cn2nc(C)c(C)c2C)n1. The first kappa shape index (κ1) is 20.3. The molecule has 1 fully saturated rings. The third kappa shape index (κ3) is 3.86. The van der Waals surface area contributed by atoms with Gasteiger partial charge in [0, 0.05) is 17.9 Å². The molecular formula is C24H27FN4O. The summed E-state index contributed by atoms with van der Waals surface area (Å²) in [6.45, 7) is 8.93. The van der Waals surface area contributed by atoms with Crippen LogP contribution in [0.5, 0.6) is 0 Å². The summed E-state index contributed by atoms with van der Waals surface area (Å²) in [7, 11) is 0. The molecule has 0 N–H and O–H groups in total. The molecule has 0 spiro atoms. The molecule has 1 saturated heterocycles. The van der Waals surface area contributed by atoms with E-state index in [0.29, 0.717) is 0 Å². The van der Waals surface area contributed by atoms with Gasteiger partial charge in [-0.1, -0.05) is 12.1 Å². The van der Waals surface area contributed by atoms with E-state index >= 15 is 0 Å². The molecule has 0 radical (unpaired) electrons. The fraction of sp³-hybridized carbons (Fsp3) is 0.375. The summed E-state index contributed by atoms with van der Waals surface area (Å²) >= 11 is 0. The Morgan fingerprint density at radius 1 is 1.10 bits per heavy atom. The third-order valence-corrected chi connectivity index (χ3v) is 6.09. The number of carbonyl (C=O) groups excluding carboxylic acids is 1. The predicted molar refractivity (Wildman–Crippen MR) is 114 cm³/mol. The van der Waals surface area contributed by atoms with Crippen LogP contribution in [0, 0.1) is 33.5 Å². The van der Waals surface area contributed by atoms with Gasteiger partial charge in [0.25, 0.3) is 0 Å². The smallest absolute Gasteiger partial charge is 0.244 e. The molecule has 1 aliphatic heterocycles. The van der Waals surface area contributed by atoms with E-state index in [9.17, 15) is 9.18 Å². The van der Waals surface area contributed by atoms with E-state index in [1.165, 1.54) is 12.1 Å². The number of hydrogen-bond acceptors (Lipinski definition) is 3. The van der Waals surface area contributed by atoms with Gasteiger partial charge < -0.3 is 4.90 Å². The number of benzene rings is 1. The number of aryl methyl sites for hydroxylation is 2. The van der Waals surface area contributed by atoms with Crippen LogP contribution in [0.2, 0.25) is 0 Å². The van der Waals surface area contributed by atoms with Gasteiger partial charge in [0.1, 0.15) is 12.4 Å². The maximum atomic E-state index is 13.3. The highest BCUT2D eigenvalue weighted by atomic mass is 19.1. The number of rotatable bonds is 4. The van der Waals surface area contributed by atoms with Gasteiger partial charge >= 0.3 is 0 Å². The number of carbonyl (C=O) groups is 1. The first-order valence-electron chi connectivity index (χ1n) is 10.4. The van der Waals surface area contributed by atoms with Crippen molar-refractivity contribution in [2.45, 2.75) is 53.1 Å². The van der Waals surface area contributed by atoms with Crippen molar-refractivity contribution >= 4 is 5.91 Å². The molecule has 0 saturated carbocycles. The largest absolute Gasteiger partial charge is 0.332 e. The van der Waals surface area contributed by atoms with Crippen LogP contribution >= 0.6 is 0 Å². The molecule has 4 rings (SSSR count). The van der Waals surface area contributed by atoms with E-state index in [1.807, 2.05) is 44.7 Å². The number of hydrogen-bond donors (Lipinski definition) is 0. The number of halogens is 1. The van der Waals surface area contributed by atoms with Crippen molar-refractivity contribution < 1.29 is 9.18 Å². The molecule has 2 aromatic heterocycles. The highest BCUT2D eigenvalue weighted by Crippen LogP contribution is 2.33. The van der Waals surface area contributed by atoms with E-state index < -0.39 is 0 Å². The molecule has 6 heteroatoms. The highest BCUT2D eigenvalue weighted by molar-refractivity contribution is 5.77. The quantitative estimate of drug-likeness (QED) is 0.632. The fourth-order valence-electron chi connectivity index (χ4n) is 4.21. The maximum Gasteiger partial charge on any atom is 0.244 e. The maximum absolute atomic E-state index is 13.3. The molecule has 5 nitrogen and oxygen atoms in total. The van der Waals surface area contributed by atoms with Crippen molar-refractivity contribution in [1.82, 2.24) is 19.7 Å². The normalized spacial score (nSPS) is 16.3. The molecule has 30 heavy (non-hydrogen) atoms. The Morgan fingerprint density at radius 3 is 2.50 bits per heavy atom. The molecule has 156 valence electrons. The molecule has 3 heterocycles. The summed E-state index contributed by atoms with van der Waals surface area (Å²) in [4.78, 5) is 19.8. The van der Waals surface area contributed by atoms with Crippen LogP contribution < -0.4 is 0 Å². The minimum absolute atomic E-state index is 0.0466. The minimum Gasteiger partial charge on any atom is -0.332 e. The molecule has 1 aliphatic rings. The summed E-state index contributed by atoms with van der Waals surface area (Å²) in [6, 6.07) is 10.5. The molecule has 3 aromatic rings. The average molecular weight is 407 g/mol. The Kier molecular flexibility index (Phi) is 5.41. The van der Waals surface area contributed by atoms with Gasteiger partial charge in [0.15, 0.2) is 0 Å². The van der Waals surface area contributed by atoms with Gasteiger partial charge in [-0.2, -0.15) is 5.10 Å². The number of nitrogens with zero attached hydrogens (tertiary/aromatic N) is 4. The second-order valence-corrected chi connectivity index (χ2v) is 8.13. The highest BCUT2D eigenvalue weighted by Gasteiger charge is 2.31. The molecule has 0 aliphatic carbocycles. The number of amides is 1. The van der Waals surface area contributed by atoms with Crippen molar-refractivity contribution in [2.24, 2.45) is 0 Å². The summed E-state index contributed by atoms with van der Waals surface area (Å²) in [5, 5.41) is 4.52. The zero-order chi connectivity index (χ0) is 21.4. The Morgan fingerprint density at radius 2 is 1.83 bits per heavy atom. The van der Waals surface area contributed by atoms with Gasteiger partial charge in [-0.05, 0) is 81.5 Å². The summed E-state index contributed by atoms with van der Waals surface area (Å²) in [5.41, 5.74) is 6.84. The topological polar surface area (TPSA) is 51.0 Å². The van der Waals surface area contributed by atoms with Gasteiger partial charge in [-0.3, -0.25) is 14.5 Å². The molecule has 1 unspecified atom stereocenters. The van der Waals surface area contributed by atoms with Crippen LogP contribution in [-0.4, -0.2) is 32.1 Å². The standard InChI is InChI=1S/C24H27FN4O/c1-15-12-20(19-7-9-21(25)10-8-19)13-22(26-15)23-6-5-11-28(23)24(30)14-29-18(4)16(2)17(3)27-29/h7-10,12-13,23H,5-6,11,14H2,1-4H3. The molecular weight excluding hydrogens is 379 g/mol. The molecule has 0 bridgehead atoms. The van der Waals surface area contributed by atoms with E-state index in [4.69, 9.17) is 4.98 Å². The second-order valence-electron chi connectivity index (χ2n) is 8.13. The summed E-state index contributed by atoms with van der Waals surface area (Å²) in [5.74, 6) is -0.188. The van der Waals surface area contributed by atoms with E-state index in [2.05, 4.69) is 5.10 Å². The lowest BCUT2D eigenvalue weighted by molar-refractivity contribution is -0.133. The Balaban J connectivity index is 1.60. The first-order valence-corrected chi connectivity index (χ1v) is 10.4. The Bertz CT molecular complexity index is 1090. The van der Waals surface area contributed by atoms with Gasteiger partial charge in [0.2, 0.25) is 5.91 Å². The third-order valence-electron chi connectivity index (χ3n) is 6.09. The van der Waals surface area contributed by atoms with Crippen molar-refractivity contribution in [3.63, 3.8) is 0 Å². The predicted octanol–water partition coefficient (Wildman–Crippen LogP) is 4.68. The second kappa shape index (κ2) is 8.01. The lowest BCUT2D eigenvalue weighted by Gasteiger charge is -2.25. The first-order chi connectivity index (χ1) is 14.3. The Hall–Kier alpha value is -3.02. The van der Waals surface area contributed by atoms with Crippen LogP contribution in [0.15, 0.2) is 36.4 Å². The number of pyridine rings is 1. The van der Waals surface area contributed by atoms with E-state index in [-0.39, 0.29) is 24.3 Å². The summed E-state index contributed by atoms with van der Waals surface area (Å²) in [6.07, 6.45) is 1.84. The summed E-state index contributed by atoms with van der Waals surface area (Å²) < 4.78 is 15.1. The lowest BCUT2D eigenvalue weighted by Crippen LogP contribution is -2.34. The zero-order valence-corrected chi connectivity index (χ0v) is 17.9. The molecule has 1 aromatic carbocycles. The molecule has 1 amide bonds. The van der Waals surface area contributed by atoms with Crippen LogP contribution in [0.25, 0.3) is 11.1 Å². The fourth-order valence-corrected chi connectivity index (χ4v) is 4.21. The Labute approximate surface area is 176 Å². The number of likely N-dealkylation sites (tertiary alicyclic amines) is 1. The van der Waals surface area contributed by atoms with E-state index in [0.717, 1.165) is 58.9 Å². The molecule has 1 atom stereocenters. The zero-order valence-electron chi connectivity index (χ0n) is 17.9. The van der Waals surface area contributed by atoms with Crippen molar-refractivity contribution in [3.8, 4) is 11.1 Å². The van der Waals surface area contributed by atoms with Crippen molar-refractivity contribution in [1.29, 1.82) is 0 Å². The van der Waals surface area contributed by atoms with Crippen molar-refractivity contribution in [2.75, 3.05) is 6.54 Å². The number of aromatic nitrogens is 3. The van der Waals surface area contributed by atoms with Gasteiger partial charge in [0.05, 0.1) is 17.4 Å². The minimum atomic E-state index is -0.253. The van der Waals surface area contributed by atoms with E-state index in [1.54, 1.807) is 16.8 Å². The van der Waals surface area contributed by atoms with Crippen LogP contribution in [-0.2, 0) is 11.3 Å². The van der Waals surface area contributed by atoms with Crippen LogP contribution in [0.4, 0.5) is 4.39 Å². The lowest BCUT2D eigenvalue weighted by atomic mass is 10.0. The van der Waals surface area contributed by atoms with Gasteiger partial charge in [-0.25, -0.2) is 4.39 Å². The average Bonchev–Trinajstić information content (AvgIpc) is 3.30. The van der Waals surface area contributed by atoms with Crippen molar-refractivity contribution in [3.05, 3.63) is 70.6 Å². The van der Waals surface area contributed by atoms with Crippen LogP contribution in [0.3, 0.4) is 0 Å². The van der Waals surface area contributed by atoms with Gasteiger partial charge in [-0.15, -0.1) is 0 Å². The monoisotopic (exact) mass is 406 g/mol.